The fraction of sp³-hybridized carbons (Fsp3) is 0.467. The standard InChI is InChI=1S/C15H21NO2/c1-4-12(2)14(10-16-3)15(17)18-11-13-8-6-5-7-9-13/h5-10,12,14H,4,11H2,1-3H3/t12-,14?/m0/s1. The fourth-order valence-electron chi connectivity index (χ4n) is 1.68. The van der Waals surface area contributed by atoms with E-state index >= 15 is 0 Å². The van der Waals surface area contributed by atoms with Gasteiger partial charge in [0.15, 0.2) is 0 Å². The number of carbonyl (C=O) groups excluding carboxylic acids is 1. The number of hydrogen-bond donors (Lipinski definition) is 0. The fourth-order valence-corrected chi connectivity index (χ4v) is 1.68. The minimum Gasteiger partial charge on any atom is -0.460 e. The molecule has 0 amide bonds. The minimum absolute atomic E-state index is 0.196. The van der Waals surface area contributed by atoms with E-state index in [4.69, 9.17) is 4.74 Å². The molecular weight excluding hydrogens is 226 g/mol. The van der Waals surface area contributed by atoms with Gasteiger partial charge in [-0.15, -0.1) is 0 Å². The number of aliphatic imine (C=N–C) groups is 1. The molecule has 0 heterocycles. The van der Waals surface area contributed by atoms with Gasteiger partial charge in [-0.3, -0.25) is 9.79 Å². The minimum atomic E-state index is -0.247. The first-order valence-corrected chi connectivity index (χ1v) is 6.31. The molecule has 0 fully saturated rings. The van der Waals surface area contributed by atoms with Gasteiger partial charge in [-0.25, -0.2) is 0 Å². The van der Waals surface area contributed by atoms with Crippen LogP contribution in [0.5, 0.6) is 0 Å². The molecule has 1 aromatic carbocycles. The summed E-state index contributed by atoms with van der Waals surface area (Å²) in [6, 6.07) is 9.70. The molecule has 1 aromatic rings. The summed E-state index contributed by atoms with van der Waals surface area (Å²) in [4.78, 5) is 15.9. The average Bonchev–Trinajstić information content (AvgIpc) is 2.42. The molecule has 0 aliphatic heterocycles. The summed E-state index contributed by atoms with van der Waals surface area (Å²) in [6.45, 7) is 4.42. The Labute approximate surface area is 109 Å². The highest BCUT2D eigenvalue weighted by Crippen LogP contribution is 2.16. The molecule has 0 N–H and O–H groups in total. The van der Waals surface area contributed by atoms with Crippen molar-refractivity contribution in [3.05, 3.63) is 35.9 Å². The molecule has 0 aromatic heterocycles. The van der Waals surface area contributed by atoms with Gasteiger partial charge in [0.1, 0.15) is 6.61 Å². The largest absolute Gasteiger partial charge is 0.460 e. The van der Waals surface area contributed by atoms with Crippen LogP contribution in [0.1, 0.15) is 25.8 Å². The van der Waals surface area contributed by atoms with Crippen molar-refractivity contribution in [2.45, 2.75) is 26.9 Å². The van der Waals surface area contributed by atoms with E-state index in [-0.39, 0.29) is 17.8 Å². The van der Waals surface area contributed by atoms with E-state index in [1.165, 1.54) is 0 Å². The average molecular weight is 247 g/mol. The third kappa shape index (κ3) is 4.32. The molecule has 98 valence electrons. The first kappa shape index (κ1) is 14.4. The lowest BCUT2D eigenvalue weighted by Crippen LogP contribution is -2.25. The van der Waals surface area contributed by atoms with Gasteiger partial charge in [0.25, 0.3) is 0 Å². The molecule has 1 unspecified atom stereocenters. The van der Waals surface area contributed by atoms with Crippen molar-refractivity contribution in [3.8, 4) is 0 Å². The predicted molar refractivity (Wildman–Crippen MR) is 73.6 cm³/mol. The predicted octanol–water partition coefficient (Wildman–Crippen LogP) is 3.09. The lowest BCUT2D eigenvalue weighted by molar-refractivity contribution is -0.148. The van der Waals surface area contributed by atoms with E-state index in [1.54, 1.807) is 13.3 Å². The van der Waals surface area contributed by atoms with E-state index in [0.29, 0.717) is 6.61 Å². The Morgan fingerprint density at radius 2 is 2.06 bits per heavy atom. The summed E-state index contributed by atoms with van der Waals surface area (Å²) in [5.41, 5.74) is 1.00. The summed E-state index contributed by atoms with van der Waals surface area (Å²) >= 11 is 0. The van der Waals surface area contributed by atoms with Crippen molar-refractivity contribution in [2.75, 3.05) is 7.05 Å². The third-order valence-corrected chi connectivity index (χ3v) is 3.06. The Hall–Kier alpha value is -1.64. The summed E-state index contributed by atoms with van der Waals surface area (Å²) in [6.07, 6.45) is 2.61. The normalized spacial score (nSPS) is 14.4. The number of carbonyl (C=O) groups is 1. The van der Waals surface area contributed by atoms with Crippen molar-refractivity contribution in [2.24, 2.45) is 16.8 Å². The second-order valence-electron chi connectivity index (χ2n) is 4.41. The monoisotopic (exact) mass is 247 g/mol. The van der Waals surface area contributed by atoms with Crippen LogP contribution in [-0.2, 0) is 16.1 Å². The van der Waals surface area contributed by atoms with Crippen molar-refractivity contribution in [1.82, 2.24) is 0 Å². The van der Waals surface area contributed by atoms with Crippen LogP contribution in [0.15, 0.2) is 35.3 Å². The summed E-state index contributed by atoms with van der Waals surface area (Å²) in [5, 5.41) is 0. The van der Waals surface area contributed by atoms with Crippen molar-refractivity contribution < 1.29 is 9.53 Å². The lowest BCUT2D eigenvalue weighted by Gasteiger charge is -2.17. The summed E-state index contributed by atoms with van der Waals surface area (Å²) in [5.74, 6) is -0.195. The molecule has 0 spiro atoms. The van der Waals surface area contributed by atoms with Crippen LogP contribution in [0.25, 0.3) is 0 Å². The Balaban J connectivity index is 2.57. The van der Waals surface area contributed by atoms with Gasteiger partial charge in [0.05, 0.1) is 5.92 Å². The maximum absolute atomic E-state index is 12.0. The van der Waals surface area contributed by atoms with E-state index in [9.17, 15) is 4.79 Å². The number of rotatable bonds is 6. The van der Waals surface area contributed by atoms with Crippen LogP contribution < -0.4 is 0 Å². The van der Waals surface area contributed by atoms with Crippen LogP contribution in [0, 0.1) is 11.8 Å². The molecule has 3 nitrogen and oxygen atoms in total. The topological polar surface area (TPSA) is 38.7 Å². The number of nitrogens with zero attached hydrogens (tertiary/aromatic N) is 1. The molecule has 0 radical (unpaired) electrons. The molecule has 0 bridgehead atoms. The van der Waals surface area contributed by atoms with Gasteiger partial charge in [-0.05, 0) is 11.5 Å². The highest BCUT2D eigenvalue weighted by molar-refractivity contribution is 5.90. The molecule has 3 heteroatoms. The van der Waals surface area contributed by atoms with Gasteiger partial charge >= 0.3 is 5.97 Å². The molecular formula is C15H21NO2. The highest BCUT2D eigenvalue weighted by Gasteiger charge is 2.23. The maximum Gasteiger partial charge on any atom is 0.314 e. The molecule has 0 aliphatic rings. The quantitative estimate of drug-likeness (QED) is 0.572. The van der Waals surface area contributed by atoms with Crippen molar-refractivity contribution in [3.63, 3.8) is 0 Å². The number of benzene rings is 1. The Bertz CT molecular complexity index is 387. The van der Waals surface area contributed by atoms with Crippen LogP contribution in [-0.4, -0.2) is 19.2 Å². The smallest absolute Gasteiger partial charge is 0.314 e. The zero-order valence-electron chi connectivity index (χ0n) is 11.3. The highest BCUT2D eigenvalue weighted by atomic mass is 16.5. The second-order valence-corrected chi connectivity index (χ2v) is 4.41. The number of esters is 1. The molecule has 0 aliphatic carbocycles. The Kier molecular flexibility index (Phi) is 6.12. The zero-order chi connectivity index (χ0) is 13.4. The van der Waals surface area contributed by atoms with Gasteiger partial charge in [0.2, 0.25) is 0 Å². The van der Waals surface area contributed by atoms with Gasteiger partial charge in [-0.1, -0.05) is 50.6 Å². The maximum atomic E-state index is 12.0. The molecule has 0 saturated carbocycles. The van der Waals surface area contributed by atoms with E-state index in [0.717, 1.165) is 12.0 Å². The lowest BCUT2D eigenvalue weighted by atomic mass is 9.93. The van der Waals surface area contributed by atoms with Crippen LogP contribution in [0.2, 0.25) is 0 Å². The van der Waals surface area contributed by atoms with E-state index in [1.807, 2.05) is 37.3 Å². The van der Waals surface area contributed by atoms with Gasteiger partial charge in [0, 0.05) is 13.3 Å². The molecule has 2 atom stereocenters. The van der Waals surface area contributed by atoms with Crippen LogP contribution in [0.3, 0.4) is 0 Å². The second kappa shape index (κ2) is 7.64. The van der Waals surface area contributed by atoms with Crippen molar-refractivity contribution >= 4 is 12.2 Å². The first-order chi connectivity index (χ1) is 8.69. The zero-order valence-corrected chi connectivity index (χ0v) is 11.3. The van der Waals surface area contributed by atoms with Gasteiger partial charge in [-0.2, -0.15) is 0 Å². The Morgan fingerprint density at radius 1 is 1.39 bits per heavy atom. The van der Waals surface area contributed by atoms with Crippen LogP contribution in [0.4, 0.5) is 0 Å². The Morgan fingerprint density at radius 3 is 2.61 bits per heavy atom. The third-order valence-electron chi connectivity index (χ3n) is 3.06. The summed E-state index contributed by atoms with van der Waals surface area (Å²) in [7, 11) is 1.68. The molecule has 1 rings (SSSR count). The number of ether oxygens (including phenoxy) is 1. The summed E-state index contributed by atoms with van der Waals surface area (Å²) < 4.78 is 5.34. The van der Waals surface area contributed by atoms with Crippen LogP contribution >= 0.6 is 0 Å². The van der Waals surface area contributed by atoms with Gasteiger partial charge < -0.3 is 4.74 Å². The SMILES string of the molecule is CC[C@H](C)C(C=NC)C(=O)OCc1ccccc1. The molecule has 0 saturated heterocycles. The van der Waals surface area contributed by atoms with E-state index in [2.05, 4.69) is 11.9 Å². The first-order valence-electron chi connectivity index (χ1n) is 6.31. The van der Waals surface area contributed by atoms with Crippen molar-refractivity contribution in [1.29, 1.82) is 0 Å². The number of hydrogen-bond acceptors (Lipinski definition) is 3. The molecule has 18 heavy (non-hydrogen) atoms. The van der Waals surface area contributed by atoms with E-state index < -0.39 is 0 Å².